The zero-order valence-corrected chi connectivity index (χ0v) is 10.5. The monoisotopic (exact) mass is 256 g/mol. The molecule has 1 aliphatic heterocycles. The normalized spacial score (nSPS) is 15.6. The van der Waals surface area contributed by atoms with Gasteiger partial charge in [0.05, 0.1) is 15.2 Å². The van der Waals surface area contributed by atoms with E-state index in [-0.39, 0.29) is 12.4 Å². The largest absolute Gasteiger partial charge is 0.486 e. The van der Waals surface area contributed by atoms with Crippen molar-refractivity contribution < 1.29 is 4.74 Å². The van der Waals surface area contributed by atoms with Crippen LogP contribution in [0.2, 0.25) is 0 Å². The van der Waals surface area contributed by atoms with Gasteiger partial charge in [0.25, 0.3) is 0 Å². The summed E-state index contributed by atoms with van der Waals surface area (Å²) in [5, 5.41) is 4.29. The van der Waals surface area contributed by atoms with Crippen LogP contribution in [0, 0.1) is 6.92 Å². The van der Waals surface area contributed by atoms with Crippen molar-refractivity contribution in [2.75, 3.05) is 13.1 Å². The zero-order valence-electron chi connectivity index (χ0n) is 8.90. The minimum Gasteiger partial charge on any atom is -0.486 e. The minimum atomic E-state index is 0. The molecule has 0 aliphatic carbocycles. The maximum Gasteiger partial charge on any atom is 0.139 e. The van der Waals surface area contributed by atoms with Crippen LogP contribution in [0.4, 0.5) is 0 Å². The SMILES string of the molecule is Cc1nc2cccc(OC3CNC3)c2s1.Cl. The summed E-state index contributed by atoms with van der Waals surface area (Å²) in [5.41, 5.74) is 1.04. The number of halogens is 1. The molecule has 3 rings (SSSR count). The van der Waals surface area contributed by atoms with Crippen LogP contribution >= 0.6 is 23.7 Å². The molecule has 0 unspecified atom stereocenters. The Kier molecular flexibility index (Phi) is 3.33. The molecular weight excluding hydrogens is 244 g/mol. The first-order valence-corrected chi connectivity index (χ1v) is 5.88. The standard InChI is InChI=1S/C11H12N2OS.ClH/c1-7-13-9-3-2-4-10(11(9)15-7)14-8-5-12-6-8;/h2-4,8,12H,5-6H2,1H3;1H. The molecule has 0 amide bonds. The highest BCUT2D eigenvalue weighted by Crippen LogP contribution is 2.31. The molecule has 0 atom stereocenters. The van der Waals surface area contributed by atoms with E-state index in [0.29, 0.717) is 6.10 Å². The number of benzene rings is 1. The van der Waals surface area contributed by atoms with E-state index >= 15 is 0 Å². The highest BCUT2D eigenvalue weighted by molar-refractivity contribution is 7.18. The molecule has 5 heteroatoms. The molecule has 0 radical (unpaired) electrons. The lowest BCUT2D eigenvalue weighted by atomic mass is 10.2. The average molecular weight is 257 g/mol. The van der Waals surface area contributed by atoms with E-state index in [0.717, 1.165) is 29.4 Å². The van der Waals surface area contributed by atoms with E-state index in [1.807, 2.05) is 25.1 Å². The molecule has 0 bridgehead atoms. The fourth-order valence-corrected chi connectivity index (χ4v) is 2.53. The number of fused-ring (bicyclic) bond motifs is 1. The Hall–Kier alpha value is -0.840. The van der Waals surface area contributed by atoms with Crippen LogP contribution in [-0.4, -0.2) is 24.2 Å². The van der Waals surface area contributed by atoms with E-state index in [1.165, 1.54) is 4.70 Å². The molecule has 0 saturated carbocycles. The van der Waals surface area contributed by atoms with Crippen LogP contribution in [0.25, 0.3) is 10.2 Å². The van der Waals surface area contributed by atoms with Gasteiger partial charge in [0, 0.05) is 13.1 Å². The summed E-state index contributed by atoms with van der Waals surface area (Å²) in [6, 6.07) is 6.06. The number of ether oxygens (including phenoxy) is 1. The van der Waals surface area contributed by atoms with Gasteiger partial charge in [0.1, 0.15) is 11.9 Å². The Morgan fingerprint density at radius 1 is 1.44 bits per heavy atom. The number of aromatic nitrogens is 1. The summed E-state index contributed by atoms with van der Waals surface area (Å²) >= 11 is 1.70. The highest BCUT2D eigenvalue weighted by Gasteiger charge is 2.19. The maximum atomic E-state index is 5.88. The molecular formula is C11H13ClN2OS. The number of rotatable bonds is 2. The van der Waals surface area contributed by atoms with E-state index in [1.54, 1.807) is 11.3 Å². The van der Waals surface area contributed by atoms with Gasteiger partial charge in [-0.25, -0.2) is 4.98 Å². The number of nitrogens with one attached hydrogen (secondary N) is 1. The Balaban J connectivity index is 0.000000963. The van der Waals surface area contributed by atoms with Crippen LogP contribution < -0.4 is 10.1 Å². The molecule has 2 aromatic rings. The van der Waals surface area contributed by atoms with Gasteiger partial charge in [0.15, 0.2) is 0 Å². The molecule has 1 aromatic carbocycles. The molecule has 1 aliphatic rings. The predicted octanol–water partition coefficient (Wildman–Crippen LogP) is 2.38. The molecule has 1 aromatic heterocycles. The highest BCUT2D eigenvalue weighted by atomic mass is 35.5. The van der Waals surface area contributed by atoms with Crippen molar-refractivity contribution in [2.45, 2.75) is 13.0 Å². The van der Waals surface area contributed by atoms with Crippen molar-refractivity contribution in [3.63, 3.8) is 0 Å². The van der Waals surface area contributed by atoms with Crippen LogP contribution in [0.15, 0.2) is 18.2 Å². The third-order valence-electron chi connectivity index (χ3n) is 2.52. The topological polar surface area (TPSA) is 34.1 Å². The van der Waals surface area contributed by atoms with Crippen LogP contribution in [-0.2, 0) is 0 Å². The second-order valence-electron chi connectivity index (χ2n) is 3.74. The summed E-state index contributed by atoms with van der Waals surface area (Å²) in [5.74, 6) is 0.976. The predicted molar refractivity (Wildman–Crippen MR) is 68.9 cm³/mol. The smallest absolute Gasteiger partial charge is 0.139 e. The van der Waals surface area contributed by atoms with Crippen LogP contribution in [0.5, 0.6) is 5.75 Å². The molecule has 86 valence electrons. The van der Waals surface area contributed by atoms with Gasteiger partial charge in [-0.15, -0.1) is 23.7 Å². The van der Waals surface area contributed by atoms with Gasteiger partial charge in [-0.2, -0.15) is 0 Å². The van der Waals surface area contributed by atoms with E-state index in [4.69, 9.17) is 4.74 Å². The number of aryl methyl sites for hydroxylation is 1. The van der Waals surface area contributed by atoms with E-state index in [2.05, 4.69) is 10.3 Å². The summed E-state index contributed by atoms with van der Waals surface area (Å²) in [6.45, 7) is 3.93. The van der Waals surface area contributed by atoms with Gasteiger partial charge in [-0.1, -0.05) is 6.07 Å². The van der Waals surface area contributed by atoms with Crippen molar-refractivity contribution in [3.8, 4) is 5.75 Å². The number of hydrogen-bond acceptors (Lipinski definition) is 4. The quantitative estimate of drug-likeness (QED) is 0.896. The number of thiazole rings is 1. The Morgan fingerprint density at radius 3 is 2.94 bits per heavy atom. The van der Waals surface area contributed by atoms with Crippen molar-refractivity contribution in [2.24, 2.45) is 0 Å². The van der Waals surface area contributed by atoms with E-state index in [9.17, 15) is 0 Å². The van der Waals surface area contributed by atoms with Crippen molar-refractivity contribution in [1.82, 2.24) is 10.3 Å². The van der Waals surface area contributed by atoms with Crippen molar-refractivity contribution >= 4 is 34.0 Å². The van der Waals surface area contributed by atoms with Crippen molar-refractivity contribution in [1.29, 1.82) is 0 Å². The van der Waals surface area contributed by atoms with Gasteiger partial charge in [0.2, 0.25) is 0 Å². The van der Waals surface area contributed by atoms with Crippen LogP contribution in [0.1, 0.15) is 5.01 Å². The summed E-state index contributed by atoms with van der Waals surface area (Å²) in [7, 11) is 0. The molecule has 1 fully saturated rings. The second kappa shape index (κ2) is 4.57. The number of nitrogens with zero attached hydrogens (tertiary/aromatic N) is 1. The molecule has 0 spiro atoms. The summed E-state index contributed by atoms with van der Waals surface area (Å²) < 4.78 is 7.05. The lowest BCUT2D eigenvalue weighted by molar-refractivity contribution is 0.144. The Bertz CT molecular complexity index is 496. The average Bonchev–Trinajstić information content (AvgIpc) is 2.52. The first-order chi connectivity index (χ1) is 7.33. The Labute approximate surface area is 104 Å². The fourth-order valence-electron chi connectivity index (χ4n) is 1.65. The van der Waals surface area contributed by atoms with E-state index < -0.39 is 0 Å². The zero-order chi connectivity index (χ0) is 10.3. The third kappa shape index (κ3) is 2.00. The Morgan fingerprint density at radius 2 is 2.25 bits per heavy atom. The lowest BCUT2D eigenvalue weighted by Gasteiger charge is -2.27. The van der Waals surface area contributed by atoms with Crippen LogP contribution in [0.3, 0.4) is 0 Å². The maximum absolute atomic E-state index is 5.88. The van der Waals surface area contributed by atoms with Gasteiger partial charge in [-0.3, -0.25) is 0 Å². The fraction of sp³-hybridized carbons (Fsp3) is 0.364. The molecule has 3 nitrogen and oxygen atoms in total. The molecule has 2 heterocycles. The molecule has 1 N–H and O–H groups in total. The van der Waals surface area contributed by atoms with Gasteiger partial charge in [-0.05, 0) is 19.1 Å². The van der Waals surface area contributed by atoms with Crippen molar-refractivity contribution in [3.05, 3.63) is 23.2 Å². The van der Waals surface area contributed by atoms with Gasteiger partial charge >= 0.3 is 0 Å². The van der Waals surface area contributed by atoms with Gasteiger partial charge < -0.3 is 10.1 Å². The first kappa shape index (κ1) is 11.6. The summed E-state index contributed by atoms with van der Waals surface area (Å²) in [6.07, 6.45) is 0.331. The molecule has 16 heavy (non-hydrogen) atoms. The molecule has 1 saturated heterocycles. The minimum absolute atomic E-state index is 0. The number of hydrogen-bond donors (Lipinski definition) is 1. The second-order valence-corrected chi connectivity index (χ2v) is 4.94. The lowest BCUT2D eigenvalue weighted by Crippen LogP contribution is -2.50. The third-order valence-corrected chi connectivity index (χ3v) is 3.52. The summed E-state index contributed by atoms with van der Waals surface area (Å²) in [4.78, 5) is 4.45. The first-order valence-electron chi connectivity index (χ1n) is 5.06.